The summed E-state index contributed by atoms with van der Waals surface area (Å²) in [6, 6.07) is 8.15. The van der Waals surface area contributed by atoms with E-state index in [-0.39, 0.29) is 59.9 Å². The standard InChI is InChI=1S/C58H87N13O9S/c1-5-13-42-34-41(4)65-57(76)45(42)37-63-56(75)44-35-47(66-55-46(44)38-64-71(55)40(2)3)43-18-19-50(62-36-43)70-26-24-69(25-27-70)23-9-8-20-59-52(73)16-10-17-53(74)61-22-12-29-79-31-33-80-32-30-78-28-11-21-60-51(72)15-7-6-14-49-54-48(39-81-49)67-58(77)68-54/h18-19,34-36,38,40,48-49,54H,5-17,20-33,37,39H2,1-4H3,(H,59,73)(H,60,72)(H,61,74)(H,63,75)(H,65,76)(H2,67,68,77)/t48-,49-,54-/m0/s1. The summed E-state index contributed by atoms with van der Waals surface area (Å²) in [5.74, 6) is 1.48. The number of hydrogen-bond donors (Lipinski definition) is 7. The first-order chi connectivity index (χ1) is 39.4. The summed E-state index contributed by atoms with van der Waals surface area (Å²) in [6.07, 6.45) is 12.8. The number of aromatic amines is 1. The molecule has 3 aliphatic heterocycles. The van der Waals surface area contributed by atoms with Gasteiger partial charge >= 0.3 is 6.03 Å². The minimum absolute atomic E-state index is 0.0169. The molecule has 81 heavy (non-hydrogen) atoms. The summed E-state index contributed by atoms with van der Waals surface area (Å²) in [4.78, 5) is 92.6. The lowest BCUT2D eigenvalue weighted by atomic mass is 10.0. The van der Waals surface area contributed by atoms with Crippen LogP contribution in [0, 0.1) is 6.92 Å². The molecule has 7 heterocycles. The summed E-state index contributed by atoms with van der Waals surface area (Å²) in [5.41, 5.74) is 4.53. The quantitative estimate of drug-likeness (QED) is 0.0235. The Labute approximate surface area is 480 Å². The van der Waals surface area contributed by atoms with E-state index < -0.39 is 0 Å². The number of fused-ring (bicyclic) bond motifs is 2. The monoisotopic (exact) mass is 1140 g/mol. The minimum atomic E-state index is -0.310. The Hall–Kier alpha value is -6.14. The maximum Gasteiger partial charge on any atom is 0.315 e. The number of amides is 6. The highest BCUT2D eigenvalue weighted by atomic mass is 32.2. The molecule has 7 rings (SSSR count). The van der Waals surface area contributed by atoms with Crippen molar-refractivity contribution < 1.29 is 38.2 Å². The summed E-state index contributed by atoms with van der Waals surface area (Å²) in [5, 5.41) is 23.5. The predicted molar refractivity (Wildman–Crippen MR) is 315 cm³/mol. The number of aromatic nitrogens is 5. The molecule has 4 aromatic rings. The summed E-state index contributed by atoms with van der Waals surface area (Å²) in [6.45, 7) is 17.1. The second-order valence-corrected chi connectivity index (χ2v) is 22.7. The number of pyridine rings is 3. The van der Waals surface area contributed by atoms with Gasteiger partial charge in [0.1, 0.15) is 5.82 Å². The fourth-order valence-corrected chi connectivity index (χ4v) is 11.9. The first kappa shape index (κ1) is 62.5. The topological polar surface area (TPSA) is 268 Å². The maximum atomic E-state index is 13.9. The number of unbranched alkanes of at least 4 members (excludes halogenated alkanes) is 2. The van der Waals surface area contributed by atoms with Crippen molar-refractivity contribution in [2.75, 3.05) is 103 Å². The average molecular weight is 1140 g/mol. The van der Waals surface area contributed by atoms with Crippen LogP contribution in [0.4, 0.5) is 10.6 Å². The van der Waals surface area contributed by atoms with Gasteiger partial charge in [-0.15, -0.1) is 0 Å². The number of hydrogen-bond acceptors (Lipinski definition) is 15. The van der Waals surface area contributed by atoms with Gasteiger partial charge in [0.15, 0.2) is 5.65 Å². The van der Waals surface area contributed by atoms with Gasteiger partial charge in [-0.05, 0) is 109 Å². The molecule has 0 aliphatic carbocycles. The van der Waals surface area contributed by atoms with E-state index in [1.165, 1.54) is 0 Å². The highest BCUT2D eigenvalue weighted by Crippen LogP contribution is 2.33. The van der Waals surface area contributed by atoms with Crippen LogP contribution in [0.15, 0.2) is 41.5 Å². The number of urea groups is 1. The first-order valence-electron chi connectivity index (χ1n) is 29.4. The van der Waals surface area contributed by atoms with Gasteiger partial charge in [-0.3, -0.25) is 28.9 Å². The summed E-state index contributed by atoms with van der Waals surface area (Å²) in [7, 11) is 0. The number of nitrogens with one attached hydrogen (secondary N) is 7. The molecule has 0 unspecified atom stereocenters. The number of H-pyrrole nitrogens is 1. The minimum Gasteiger partial charge on any atom is -0.379 e. The molecule has 3 aliphatic rings. The zero-order valence-electron chi connectivity index (χ0n) is 48.0. The fraction of sp³-hybridized carbons (Fsp3) is 0.638. The van der Waals surface area contributed by atoms with Crippen molar-refractivity contribution in [3.8, 4) is 11.3 Å². The number of ether oxygens (including phenoxy) is 3. The van der Waals surface area contributed by atoms with Crippen molar-refractivity contribution in [2.45, 2.75) is 141 Å². The van der Waals surface area contributed by atoms with Gasteiger partial charge in [-0.25, -0.2) is 19.4 Å². The molecule has 0 aromatic carbocycles. The molecule has 4 aromatic heterocycles. The van der Waals surface area contributed by atoms with Crippen LogP contribution in [-0.2, 0) is 41.6 Å². The van der Waals surface area contributed by atoms with E-state index in [0.717, 1.165) is 112 Å². The fourth-order valence-electron chi connectivity index (χ4n) is 10.4. The van der Waals surface area contributed by atoms with Gasteiger partial charge in [0.25, 0.3) is 11.5 Å². The lowest BCUT2D eigenvalue weighted by Gasteiger charge is -2.35. The van der Waals surface area contributed by atoms with Crippen LogP contribution in [-0.4, -0.2) is 174 Å². The smallest absolute Gasteiger partial charge is 0.315 e. The number of piperazine rings is 1. The van der Waals surface area contributed by atoms with Gasteiger partial charge in [-0.2, -0.15) is 16.9 Å². The average Bonchev–Trinajstić information content (AvgIpc) is 4.29. The molecular formula is C58H87N13O9S. The van der Waals surface area contributed by atoms with Crippen molar-refractivity contribution in [1.29, 1.82) is 0 Å². The third kappa shape index (κ3) is 19.8. The second kappa shape index (κ2) is 33.1. The van der Waals surface area contributed by atoms with Crippen molar-refractivity contribution >= 4 is 58.3 Å². The Morgan fingerprint density at radius 2 is 1.43 bits per heavy atom. The molecule has 3 atom stereocenters. The van der Waals surface area contributed by atoms with E-state index >= 15 is 0 Å². The van der Waals surface area contributed by atoms with E-state index in [1.54, 1.807) is 18.5 Å². The van der Waals surface area contributed by atoms with Crippen LogP contribution in [0.2, 0.25) is 0 Å². The van der Waals surface area contributed by atoms with E-state index in [0.29, 0.717) is 124 Å². The zero-order chi connectivity index (χ0) is 57.3. The number of carbonyl (C=O) groups is 5. The Kier molecular flexibility index (Phi) is 25.5. The molecule has 0 saturated carbocycles. The zero-order valence-corrected chi connectivity index (χ0v) is 48.9. The molecule has 22 nitrogen and oxygen atoms in total. The highest BCUT2D eigenvalue weighted by molar-refractivity contribution is 8.00. The molecule has 444 valence electrons. The SMILES string of the molecule is CCCc1cc(C)[nH]c(=O)c1CNC(=O)c1cc(-c2ccc(N3CCN(CCCCNC(=O)CCCC(=O)NCCCOCCOCCOCCCNC(=O)CCCC[C@@H]4SC[C@@H]5NC(=O)N[C@@H]54)CC3)nc2)nc2c1cnn2C(C)C. The molecule has 0 radical (unpaired) electrons. The molecule has 6 amide bonds. The third-order valence-corrected chi connectivity index (χ3v) is 16.3. The normalized spacial score (nSPS) is 17.1. The van der Waals surface area contributed by atoms with Crippen LogP contribution in [0.5, 0.6) is 0 Å². The van der Waals surface area contributed by atoms with Crippen molar-refractivity contribution in [1.82, 2.24) is 61.5 Å². The first-order valence-corrected chi connectivity index (χ1v) is 30.5. The molecule has 3 fully saturated rings. The van der Waals surface area contributed by atoms with Gasteiger partial charge in [0.2, 0.25) is 17.7 Å². The van der Waals surface area contributed by atoms with Crippen molar-refractivity contribution in [3.05, 3.63) is 69.4 Å². The Balaban J connectivity index is 0.660. The largest absolute Gasteiger partial charge is 0.379 e. The van der Waals surface area contributed by atoms with E-state index in [2.05, 4.69) is 58.7 Å². The Morgan fingerprint density at radius 3 is 2.09 bits per heavy atom. The van der Waals surface area contributed by atoms with Crippen LogP contribution >= 0.6 is 11.8 Å². The number of aryl methyl sites for hydroxylation is 2. The number of carbonyl (C=O) groups excluding carboxylic acids is 5. The molecule has 0 bridgehead atoms. The molecule has 3 saturated heterocycles. The Morgan fingerprint density at radius 1 is 0.765 bits per heavy atom. The van der Waals surface area contributed by atoms with Gasteiger partial charge < -0.3 is 56.0 Å². The number of anilines is 1. The van der Waals surface area contributed by atoms with E-state index in [1.807, 2.05) is 55.4 Å². The van der Waals surface area contributed by atoms with Crippen LogP contribution in [0.1, 0.15) is 131 Å². The number of rotatable bonds is 36. The second-order valence-electron chi connectivity index (χ2n) is 21.4. The Bertz CT molecular complexity index is 2710. The molecule has 7 N–H and O–H groups in total. The third-order valence-electron chi connectivity index (χ3n) is 14.8. The summed E-state index contributed by atoms with van der Waals surface area (Å²) < 4.78 is 18.6. The van der Waals surface area contributed by atoms with Gasteiger partial charge in [-0.1, -0.05) is 19.8 Å². The lowest BCUT2D eigenvalue weighted by molar-refractivity contribution is -0.123. The highest BCUT2D eigenvalue weighted by Gasteiger charge is 2.42. The van der Waals surface area contributed by atoms with Crippen molar-refractivity contribution in [2.24, 2.45) is 0 Å². The van der Waals surface area contributed by atoms with Gasteiger partial charge in [0, 0.05) is 125 Å². The van der Waals surface area contributed by atoms with E-state index in [9.17, 15) is 28.8 Å². The predicted octanol–water partition coefficient (Wildman–Crippen LogP) is 4.93. The maximum absolute atomic E-state index is 13.9. The molecule has 0 spiro atoms. The summed E-state index contributed by atoms with van der Waals surface area (Å²) >= 11 is 1.90. The lowest BCUT2D eigenvalue weighted by Crippen LogP contribution is -2.47. The van der Waals surface area contributed by atoms with Crippen LogP contribution in [0.3, 0.4) is 0 Å². The number of nitrogens with zero attached hydrogens (tertiary/aromatic N) is 6. The van der Waals surface area contributed by atoms with Gasteiger partial charge in [0.05, 0.1) is 61.4 Å². The van der Waals surface area contributed by atoms with Crippen LogP contribution < -0.4 is 42.4 Å². The molecular weight excluding hydrogens is 1050 g/mol. The molecule has 23 heteroatoms. The van der Waals surface area contributed by atoms with Crippen LogP contribution in [0.25, 0.3) is 22.3 Å². The van der Waals surface area contributed by atoms with Crippen molar-refractivity contribution in [3.63, 3.8) is 0 Å². The van der Waals surface area contributed by atoms with E-state index in [4.69, 9.17) is 24.2 Å². The number of thioether (sulfide) groups is 1.